The predicted octanol–water partition coefficient (Wildman–Crippen LogP) is 4.13. The third-order valence-electron chi connectivity index (χ3n) is 6.93. The molecule has 2 amide bonds. The van der Waals surface area contributed by atoms with E-state index in [4.69, 9.17) is 0 Å². The van der Waals surface area contributed by atoms with Crippen LogP contribution in [0.2, 0.25) is 0 Å². The van der Waals surface area contributed by atoms with Gasteiger partial charge in [-0.15, -0.1) is 0 Å². The highest BCUT2D eigenvalue weighted by Gasteiger charge is 2.38. The number of aliphatic hydroxyl groups is 1. The molecule has 0 bridgehead atoms. The number of anilines is 2. The van der Waals surface area contributed by atoms with E-state index in [1.807, 2.05) is 48.5 Å². The number of pyridine rings is 1. The summed E-state index contributed by atoms with van der Waals surface area (Å²) in [5.41, 5.74) is 3.84. The number of para-hydroxylation sites is 1. The summed E-state index contributed by atoms with van der Waals surface area (Å²) in [6.45, 7) is 6.62. The molecule has 0 aliphatic carbocycles. The molecular formula is C30H32N6O3. The number of β-amino-alcohol motifs (C(OH)–C–C–N with tert-alkyl or cyclic N) is 1. The van der Waals surface area contributed by atoms with Crippen molar-refractivity contribution in [2.45, 2.75) is 44.4 Å². The van der Waals surface area contributed by atoms with E-state index in [2.05, 4.69) is 46.4 Å². The molecule has 1 aliphatic heterocycles. The maximum Gasteiger partial charge on any atom is 0.279 e. The second-order valence-corrected chi connectivity index (χ2v) is 10.6. The highest BCUT2D eigenvalue weighted by molar-refractivity contribution is 6.09. The zero-order chi connectivity index (χ0) is 27.6. The van der Waals surface area contributed by atoms with E-state index in [1.165, 1.54) is 17.4 Å². The monoisotopic (exact) mass is 524 g/mol. The zero-order valence-electron chi connectivity index (χ0n) is 22.1. The van der Waals surface area contributed by atoms with E-state index in [-0.39, 0.29) is 17.7 Å². The van der Waals surface area contributed by atoms with Crippen LogP contribution in [-0.2, 0) is 10.2 Å². The van der Waals surface area contributed by atoms with Gasteiger partial charge in [0.1, 0.15) is 11.7 Å². The first kappa shape index (κ1) is 26.1. The molecular weight excluding hydrogens is 492 g/mol. The maximum atomic E-state index is 14.2. The molecule has 0 saturated heterocycles. The highest BCUT2D eigenvalue weighted by atomic mass is 16.3. The summed E-state index contributed by atoms with van der Waals surface area (Å²) in [5, 5.41) is 17.1. The summed E-state index contributed by atoms with van der Waals surface area (Å²) in [4.78, 5) is 40.8. The van der Waals surface area contributed by atoms with Crippen LogP contribution in [0, 0.1) is 0 Å². The molecule has 2 aromatic heterocycles. The van der Waals surface area contributed by atoms with Crippen molar-refractivity contribution in [2.75, 3.05) is 16.8 Å². The quantitative estimate of drug-likeness (QED) is 0.301. The summed E-state index contributed by atoms with van der Waals surface area (Å²) in [6, 6.07) is 16.9. The number of amides is 2. The summed E-state index contributed by atoms with van der Waals surface area (Å²) >= 11 is 0. The van der Waals surface area contributed by atoms with Crippen molar-refractivity contribution in [2.24, 2.45) is 0 Å². The van der Waals surface area contributed by atoms with Gasteiger partial charge in [0.05, 0.1) is 18.5 Å². The zero-order valence-corrected chi connectivity index (χ0v) is 22.1. The van der Waals surface area contributed by atoms with Crippen LogP contribution in [-0.4, -0.2) is 44.5 Å². The largest absolute Gasteiger partial charge is 0.389 e. The fourth-order valence-electron chi connectivity index (χ4n) is 4.84. The summed E-state index contributed by atoms with van der Waals surface area (Å²) in [6.07, 6.45) is 5.26. The summed E-state index contributed by atoms with van der Waals surface area (Å²) in [5.74, 6) is -0.900. The molecule has 39 heavy (non-hydrogen) atoms. The Kier molecular flexibility index (Phi) is 7.17. The predicted molar refractivity (Wildman–Crippen MR) is 149 cm³/mol. The Hall–Kier alpha value is -4.50. The van der Waals surface area contributed by atoms with E-state index >= 15 is 0 Å². The lowest BCUT2D eigenvalue weighted by atomic mass is 9.87. The second-order valence-electron chi connectivity index (χ2n) is 10.6. The Morgan fingerprint density at radius 3 is 2.51 bits per heavy atom. The molecule has 0 fully saturated rings. The van der Waals surface area contributed by atoms with Crippen molar-refractivity contribution < 1.29 is 14.7 Å². The SMILES string of the molecule is CC(C)(C)c1ccc(N(C(=O)c2c[nH]cn2)C(C(=O)N[C@@H]2c3ccccc3NC[C@@H]2O)c2cccnc2)cc1. The lowest BCUT2D eigenvalue weighted by molar-refractivity contribution is -0.124. The number of imidazole rings is 1. The maximum absolute atomic E-state index is 14.2. The van der Waals surface area contributed by atoms with Crippen LogP contribution in [0.1, 0.15) is 60.0 Å². The van der Waals surface area contributed by atoms with E-state index in [0.717, 1.165) is 16.8 Å². The second kappa shape index (κ2) is 10.7. The highest BCUT2D eigenvalue weighted by Crippen LogP contribution is 2.34. The van der Waals surface area contributed by atoms with E-state index < -0.39 is 30.0 Å². The standard InChI is InChI=1S/C30H32N6O3/c1-30(2,3)20-10-12-21(13-11-20)36(29(39)24-16-32-18-34-24)27(19-7-6-14-31-15-19)28(38)35-26-22-8-4-5-9-23(22)33-17-25(26)37/h4-16,18,25-27,33,37H,17H2,1-3H3,(H,32,34)(H,35,38)/t25-,26+,27?/m0/s1. The van der Waals surface area contributed by atoms with Gasteiger partial charge in [-0.1, -0.05) is 57.2 Å². The van der Waals surface area contributed by atoms with E-state index in [1.54, 1.807) is 24.5 Å². The van der Waals surface area contributed by atoms with Crippen molar-refractivity contribution in [3.63, 3.8) is 0 Å². The number of H-pyrrole nitrogens is 1. The number of carbonyl (C=O) groups is 2. The van der Waals surface area contributed by atoms with Gasteiger partial charge in [-0.3, -0.25) is 19.5 Å². The minimum atomic E-state index is -1.09. The van der Waals surface area contributed by atoms with Gasteiger partial charge < -0.3 is 20.7 Å². The van der Waals surface area contributed by atoms with Gasteiger partial charge in [0.25, 0.3) is 5.91 Å². The number of nitrogens with zero attached hydrogens (tertiary/aromatic N) is 3. The number of aromatic nitrogens is 3. The Labute approximate surface area is 227 Å². The van der Waals surface area contributed by atoms with Gasteiger partial charge in [-0.25, -0.2) is 4.98 Å². The first-order valence-electron chi connectivity index (χ1n) is 12.9. The van der Waals surface area contributed by atoms with Crippen molar-refractivity contribution >= 4 is 23.2 Å². The fraction of sp³-hybridized carbons (Fsp3) is 0.267. The minimum Gasteiger partial charge on any atom is -0.389 e. The molecule has 0 spiro atoms. The molecule has 4 aromatic rings. The molecule has 2 aromatic carbocycles. The smallest absolute Gasteiger partial charge is 0.279 e. The number of benzene rings is 2. The molecule has 1 aliphatic rings. The third kappa shape index (κ3) is 5.39. The molecule has 200 valence electrons. The lowest BCUT2D eigenvalue weighted by Crippen LogP contribution is -2.49. The molecule has 3 atom stereocenters. The molecule has 5 rings (SSSR count). The Bertz CT molecular complexity index is 1430. The first-order chi connectivity index (χ1) is 18.7. The molecule has 4 N–H and O–H groups in total. The van der Waals surface area contributed by atoms with Crippen LogP contribution < -0.4 is 15.5 Å². The number of nitrogens with one attached hydrogen (secondary N) is 3. The Morgan fingerprint density at radius 2 is 1.85 bits per heavy atom. The Morgan fingerprint density at radius 1 is 1.08 bits per heavy atom. The van der Waals surface area contributed by atoms with Crippen LogP contribution in [0.15, 0.2) is 85.6 Å². The first-order valence-corrected chi connectivity index (χ1v) is 12.9. The average molecular weight is 525 g/mol. The summed E-state index contributed by atoms with van der Waals surface area (Å²) < 4.78 is 0. The van der Waals surface area contributed by atoms with Crippen LogP contribution in [0.5, 0.6) is 0 Å². The van der Waals surface area contributed by atoms with Crippen LogP contribution in [0.4, 0.5) is 11.4 Å². The van der Waals surface area contributed by atoms with Gasteiger partial charge in [0, 0.05) is 47.6 Å². The van der Waals surface area contributed by atoms with Gasteiger partial charge in [0.15, 0.2) is 0 Å². The number of hydrogen-bond donors (Lipinski definition) is 4. The van der Waals surface area contributed by atoms with Crippen LogP contribution >= 0.6 is 0 Å². The van der Waals surface area contributed by atoms with Gasteiger partial charge in [-0.2, -0.15) is 0 Å². The van der Waals surface area contributed by atoms with Crippen LogP contribution in [0.3, 0.4) is 0 Å². The molecule has 9 nitrogen and oxygen atoms in total. The fourth-order valence-corrected chi connectivity index (χ4v) is 4.84. The molecule has 0 radical (unpaired) electrons. The third-order valence-corrected chi connectivity index (χ3v) is 6.93. The van der Waals surface area contributed by atoms with Crippen molar-refractivity contribution in [1.82, 2.24) is 20.3 Å². The van der Waals surface area contributed by atoms with Gasteiger partial charge in [0.2, 0.25) is 5.91 Å². The number of hydrogen-bond acceptors (Lipinski definition) is 6. The number of fused-ring (bicyclic) bond motifs is 1. The van der Waals surface area contributed by atoms with Crippen molar-refractivity contribution in [3.8, 4) is 0 Å². The molecule has 9 heteroatoms. The normalized spacial score (nSPS) is 17.4. The minimum absolute atomic E-state index is 0.0891. The van der Waals surface area contributed by atoms with Crippen molar-refractivity contribution in [3.05, 3.63) is 108 Å². The van der Waals surface area contributed by atoms with E-state index in [9.17, 15) is 14.7 Å². The molecule has 0 saturated carbocycles. The lowest BCUT2D eigenvalue weighted by Gasteiger charge is -2.35. The molecule has 3 heterocycles. The summed E-state index contributed by atoms with van der Waals surface area (Å²) in [7, 11) is 0. The van der Waals surface area contributed by atoms with Gasteiger partial charge in [-0.05, 0) is 35.2 Å². The number of aromatic amines is 1. The van der Waals surface area contributed by atoms with E-state index in [0.29, 0.717) is 11.3 Å². The topological polar surface area (TPSA) is 123 Å². The number of rotatable bonds is 6. The molecule has 1 unspecified atom stereocenters. The average Bonchev–Trinajstić information content (AvgIpc) is 3.48. The van der Waals surface area contributed by atoms with Crippen LogP contribution in [0.25, 0.3) is 0 Å². The van der Waals surface area contributed by atoms with Crippen molar-refractivity contribution in [1.29, 1.82) is 0 Å². The number of aliphatic hydroxyl groups excluding tert-OH is 1. The Balaban J connectivity index is 1.59. The number of carbonyl (C=O) groups excluding carboxylic acids is 2. The van der Waals surface area contributed by atoms with Gasteiger partial charge >= 0.3 is 0 Å².